The lowest BCUT2D eigenvalue weighted by Gasteiger charge is -2.27. The van der Waals surface area contributed by atoms with E-state index in [0.29, 0.717) is 0 Å². The van der Waals surface area contributed by atoms with Crippen LogP contribution in [0.4, 0.5) is 0 Å². The Bertz CT molecular complexity index is 762. The van der Waals surface area contributed by atoms with Crippen LogP contribution in [0, 0.1) is 5.92 Å². The van der Waals surface area contributed by atoms with Gasteiger partial charge in [-0.25, -0.2) is 0 Å². The maximum Gasteiger partial charge on any atom is 0.118 e. The van der Waals surface area contributed by atoms with Gasteiger partial charge in [-0.3, -0.25) is 0 Å². The predicted octanol–water partition coefficient (Wildman–Crippen LogP) is 5.18. The van der Waals surface area contributed by atoms with Crippen molar-refractivity contribution in [3.63, 3.8) is 0 Å². The summed E-state index contributed by atoms with van der Waals surface area (Å²) in [6.07, 6.45) is 0. The lowest BCUT2D eigenvalue weighted by molar-refractivity contribution is 0.414. The quantitative estimate of drug-likeness (QED) is 0.504. The van der Waals surface area contributed by atoms with E-state index < -0.39 is 0 Å². The second-order valence-corrected chi connectivity index (χ2v) is 6.28. The van der Waals surface area contributed by atoms with Gasteiger partial charge in [0.25, 0.3) is 0 Å². The van der Waals surface area contributed by atoms with E-state index in [1.807, 2.05) is 23.9 Å². The third-order valence-electron chi connectivity index (χ3n) is 3.91. The van der Waals surface area contributed by atoms with E-state index >= 15 is 0 Å². The summed E-state index contributed by atoms with van der Waals surface area (Å²) in [6.45, 7) is 0. The molecule has 1 radical (unpaired) electrons. The molecule has 1 heterocycles. The van der Waals surface area contributed by atoms with Gasteiger partial charge in [0.2, 0.25) is 0 Å². The average molecular weight is 303 g/mol. The standard InChI is InChI=1S/C20H15OS/c1-21-15-12-10-14(11-13-15)20-16-6-2-4-8-18(16)22-19-9-5-3-7-17(19)20/h2-13H,1H3. The Kier molecular flexibility index (Phi) is 3.39. The van der Waals surface area contributed by atoms with Crippen molar-refractivity contribution < 1.29 is 4.74 Å². The van der Waals surface area contributed by atoms with Crippen LogP contribution < -0.4 is 4.74 Å². The molecular weight excluding hydrogens is 288 g/mol. The average Bonchev–Trinajstić information content (AvgIpc) is 2.60. The van der Waals surface area contributed by atoms with E-state index in [2.05, 4.69) is 60.7 Å². The molecule has 22 heavy (non-hydrogen) atoms. The van der Waals surface area contributed by atoms with Gasteiger partial charge < -0.3 is 4.74 Å². The first-order chi connectivity index (χ1) is 10.9. The minimum Gasteiger partial charge on any atom is -0.497 e. The Hall–Kier alpha value is -2.19. The first-order valence-corrected chi connectivity index (χ1v) is 8.06. The number of ether oxygens (including phenoxy) is 1. The topological polar surface area (TPSA) is 9.23 Å². The molecule has 0 aromatic heterocycles. The summed E-state index contributed by atoms with van der Waals surface area (Å²) in [6, 6.07) is 25.5. The molecule has 3 aromatic carbocycles. The number of methoxy groups -OCH3 is 1. The molecule has 0 N–H and O–H groups in total. The van der Waals surface area contributed by atoms with Crippen LogP contribution in [-0.2, 0) is 0 Å². The zero-order chi connectivity index (χ0) is 14.9. The van der Waals surface area contributed by atoms with Gasteiger partial charge in [0.05, 0.1) is 13.0 Å². The summed E-state index contributed by atoms with van der Waals surface area (Å²) < 4.78 is 5.28. The van der Waals surface area contributed by atoms with Crippen LogP contribution in [-0.4, -0.2) is 7.11 Å². The molecule has 0 aliphatic carbocycles. The number of rotatable bonds is 2. The molecule has 1 nitrogen and oxygen atoms in total. The van der Waals surface area contributed by atoms with Gasteiger partial charge in [-0.1, -0.05) is 60.3 Å². The number of hydrogen-bond acceptors (Lipinski definition) is 2. The number of hydrogen-bond donors (Lipinski definition) is 0. The molecule has 0 bridgehead atoms. The number of benzene rings is 3. The summed E-state index contributed by atoms with van der Waals surface area (Å²) >= 11 is 1.84. The van der Waals surface area contributed by atoms with Crippen LogP contribution in [0.15, 0.2) is 82.6 Å². The highest BCUT2D eigenvalue weighted by molar-refractivity contribution is 7.99. The molecular formula is C20H15OS. The van der Waals surface area contributed by atoms with Crippen LogP contribution in [0.25, 0.3) is 0 Å². The van der Waals surface area contributed by atoms with Gasteiger partial charge >= 0.3 is 0 Å². The van der Waals surface area contributed by atoms with Crippen molar-refractivity contribution >= 4 is 11.8 Å². The molecule has 0 spiro atoms. The van der Waals surface area contributed by atoms with Crippen LogP contribution in [0.2, 0.25) is 0 Å². The molecule has 1 aliphatic rings. The molecule has 0 saturated heterocycles. The minimum absolute atomic E-state index is 0.885. The molecule has 0 atom stereocenters. The van der Waals surface area contributed by atoms with Crippen molar-refractivity contribution in [3.8, 4) is 5.75 Å². The fraction of sp³-hybridized carbons (Fsp3) is 0.0500. The summed E-state index contributed by atoms with van der Waals surface area (Å²) in [5.74, 6) is 2.18. The normalized spacial score (nSPS) is 13.3. The van der Waals surface area contributed by atoms with Gasteiger partial charge in [0, 0.05) is 9.79 Å². The Balaban J connectivity index is 1.90. The van der Waals surface area contributed by atoms with Gasteiger partial charge in [-0.15, -0.1) is 0 Å². The largest absolute Gasteiger partial charge is 0.497 e. The van der Waals surface area contributed by atoms with Crippen LogP contribution in [0.3, 0.4) is 0 Å². The summed E-state index contributed by atoms with van der Waals surface area (Å²) in [5.41, 5.74) is 3.83. The Labute approximate surface area is 135 Å². The van der Waals surface area contributed by atoms with E-state index in [1.165, 1.54) is 32.4 Å². The van der Waals surface area contributed by atoms with Crippen molar-refractivity contribution in [1.29, 1.82) is 0 Å². The highest BCUT2D eigenvalue weighted by Gasteiger charge is 2.27. The number of fused-ring (bicyclic) bond motifs is 2. The Morgan fingerprint density at radius 1 is 0.682 bits per heavy atom. The van der Waals surface area contributed by atoms with Crippen molar-refractivity contribution in [2.45, 2.75) is 9.79 Å². The maximum absolute atomic E-state index is 5.28. The van der Waals surface area contributed by atoms with Crippen molar-refractivity contribution in [1.82, 2.24) is 0 Å². The molecule has 0 unspecified atom stereocenters. The predicted molar refractivity (Wildman–Crippen MR) is 90.6 cm³/mol. The van der Waals surface area contributed by atoms with E-state index in [-0.39, 0.29) is 0 Å². The van der Waals surface area contributed by atoms with Crippen molar-refractivity contribution in [3.05, 3.63) is 95.4 Å². The smallest absolute Gasteiger partial charge is 0.118 e. The van der Waals surface area contributed by atoms with Crippen molar-refractivity contribution in [2.75, 3.05) is 7.11 Å². The third kappa shape index (κ3) is 2.20. The van der Waals surface area contributed by atoms with Gasteiger partial charge in [0.1, 0.15) is 5.75 Å². The monoisotopic (exact) mass is 303 g/mol. The molecule has 0 saturated carbocycles. The lowest BCUT2D eigenvalue weighted by atomic mass is 9.84. The second kappa shape index (κ2) is 5.54. The van der Waals surface area contributed by atoms with Gasteiger partial charge in [0.15, 0.2) is 0 Å². The van der Waals surface area contributed by atoms with Gasteiger partial charge in [-0.05, 0) is 41.0 Å². The molecule has 3 aromatic rings. The molecule has 0 fully saturated rings. The lowest BCUT2D eigenvalue weighted by Crippen LogP contribution is -2.10. The Morgan fingerprint density at radius 3 is 1.77 bits per heavy atom. The fourth-order valence-electron chi connectivity index (χ4n) is 2.86. The van der Waals surface area contributed by atoms with E-state index in [1.54, 1.807) is 7.11 Å². The highest BCUT2D eigenvalue weighted by Crippen LogP contribution is 2.47. The Morgan fingerprint density at radius 2 is 1.23 bits per heavy atom. The fourth-order valence-corrected chi connectivity index (χ4v) is 3.95. The summed E-state index contributed by atoms with van der Waals surface area (Å²) in [7, 11) is 1.70. The molecule has 2 heteroatoms. The zero-order valence-corrected chi connectivity index (χ0v) is 13.1. The van der Waals surface area contributed by atoms with E-state index in [9.17, 15) is 0 Å². The first kappa shape index (κ1) is 13.5. The molecule has 107 valence electrons. The summed E-state index contributed by atoms with van der Waals surface area (Å²) in [4.78, 5) is 2.62. The zero-order valence-electron chi connectivity index (χ0n) is 12.2. The van der Waals surface area contributed by atoms with Crippen LogP contribution in [0.1, 0.15) is 16.7 Å². The van der Waals surface area contributed by atoms with E-state index in [0.717, 1.165) is 5.75 Å². The van der Waals surface area contributed by atoms with Crippen molar-refractivity contribution in [2.24, 2.45) is 0 Å². The van der Waals surface area contributed by atoms with Gasteiger partial charge in [-0.2, -0.15) is 0 Å². The molecule has 0 amide bonds. The third-order valence-corrected chi connectivity index (χ3v) is 5.06. The van der Waals surface area contributed by atoms with Crippen LogP contribution >= 0.6 is 11.8 Å². The van der Waals surface area contributed by atoms with Crippen LogP contribution in [0.5, 0.6) is 5.75 Å². The first-order valence-electron chi connectivity index (χ1n) is 7.25. The minimum atomic E-state index is 0.885. The SMILES string of the molecule is COc1ccc([C]2c3ccccc3Sc3ccccc32)cc1. The highest BCUT2D eigenvalue weighted by atomic mass is 32.2. The molecule has 4 rings (SSSR count). The maximum atomic E-state index is 5.28. The summed E-state index contributed by atoms with van der Waals surface area (Å²) in [5, 5.41) is 0. The van der Waals surface area contributed by atoms with E-state index in [4.69, 9.17) is 4.74 Å². The second-order valence-electron chi connectivity index (χ2n) is 5.20. The molecule has 1 aliphatic heterocycles.